The number of methoxy groups -OCH3 is 2. The number of carbonyl (C=O) groups is 1. The highest BCUT2D eigenvalue weighted by atomic mass is 32.2. The van der Waals surface area contributed by atoms with E-state index in [2.05, 4.69) is 4.72 Å². The van der Waals surface area contributed by atoms with Crippen molar-refractivity contribution >= 4 is 32.6 Å². The van der Waals surface area contributed by atoms with Gasteiger partial charge in [0.15, 0.2) is 5.54 Å². The zero-order valence-corrected chi connectivity index (χ0v) is 20.9. The monoisotopic (exact) mass is 492 g/mol. The van der Waals surface area contributed by atoms with Gasteiger partial charge in [-0.25, -0.2) is 13.2 Å². The van der Waals surface area contributed by atoms with Crippen LogP contribution in [-0.4, -0.2) is 39.4 Å². The molecule has 1 heterocycles. The smallest absolute Gasteiger partial charge is 0.336 e. The molecule has 0 aliphatic rings. The minimum Gasteiger partial charge on any atom is -0.497 e. The molecule has 1 atom stereocenters. The van der Waals surface area contributed by atoms with E-state index in [9.17, 15) is 13.2 Å². The van der Waals surface area contributed by atoms with Crippen LogP contribution in [0.4, 0.5) is 5.69 Å². The molecule has 0 aliphatic heterocycles. The molecule has 0 fully saturated rings. The van der Waals surface area contributed by atoms with Crippen LogP contribution in [0.15, 0.2) is 79.0 Å². The van der Waals surface area contributed by atoms with Crippen LogP contribution in [0.3, 0.4) is 0 Å². The number of aromatic nitrogens is 1. The maximum absolute atomic E-state index is 13.5. The van der Waals surface area contributed by atoms with Crippen molar-refractivity contribution in [2.45, 2.75) is 18.9 Å². The van der Waals surface area contributed by atoms with E-state index in [0.29, 0.717) is 23.0 Å². The minimum atomic E-state index is -3.48. The van der Waals surface area contributed by atoms with Gasteiger partial charge in [-0.1, -0.05) is 43.3 Å². The molecule has 0 amide bonds. The molecule has 182 valence electrons. The molecule has 1 unspecified atom stereocenters. The number of ether oxygens (including phenoxy) is 2. The van der Waals surface area contributed by atoms with Gasteiger partial charge >= 0.3 is 5.97 Å². The summed E-state index contributed by atoms with van der Waals surface area (Å²) in [6.07, 6.45) is 3.32. The number of fused-ring (bicyclic) bond motifs is 1. The van der Waals surface area contributed by atoms with Crippen molar-refractivity contribution in [3.05, 3.63) is 84.6 Å². The fourth-order valence-corrected chi connectivity index (χ4v) is 5.17. The summed E-state index contributed by atoms with van der Waals surface area (Å²) in [5.41, 5.74) is 2.62. The normalized spacial score (nSPS) is 13.3. The Labute approximate surface area is 205 Å². The lowest BCUT2D eigenvalue weighted by Crippen LogP contribution is -2.43. The van der Waals surface area contributed by atoms with Crippen LogP contribution in [0.25, 0.3) is 22.0 Å². The van der Waals surface area contributed by atoms with Gasteiger partial charge in [-0.05, 0) is 59.5 Å². The first-order chi connectivity index (χ1) is 16.7. The van der Waals surface area contributed by atoms with Gasteiger partial charge in [-0.3, -0.25) is 4.72 Å². The second kappa shape index (κ2) is 9.46. The highest BCUT2D eigenvalue weighted by Gasteiger charge is 2.42. The number of sulfonamides is 1. The highest BCUT2D eigenvalue weighted by Crippen LogP contribution is 2.39. The van der Waals surface area contributed by atoms with Gasteiger partial charge in [0, 0.05) is 11.6 Å². The Morgan fingerprint density at radius 2 is 1.66 bits per heavy atom. The van der Waals surface area contributed by atoms with E-state index >= 15 is 0 Å². The number of nitrogens with one attached hydrogen (secondary N) is 1. The molecule has 0 saturated carbocycles. The van der Waals surface area contributed by atoms with E-state index in [1.165, 1.54) is 7.11 Å². The third kappa shape index (κ3) is 4.49. The molecule has 8 heteroatoms. The van der Waals surface area contributed by atoms with Crippen molar-refractivity contribution in [3.63, 3.8) is 0 Å². The lowest BCUT2D eigenvalue weighted by Gasteiger charge is -2.33. The maximum Gasteiger partial charge on any atom is 0.336 e. The van der Waals surface area contributed by atoms with E-state index in [1.54, 1.807) is 25.4 Å². The molecule has 1 aromatic heterocycles. The molecule has 0 bridgehead atoms. The average molecular weight is 493 g/mol. The molecule has 4 aromatic rings. The summed E-state index contributed by atoms with van der Waals surface area (Å²) in [5, 5.41) is 0.684. The third-order valence-electron chi connectivity index (χ3n) is 6.22. The summed E-state index contributed by atoms with van der Waals surface area (Å²) >= 11 is 0. The lowest BCUT2D eigenvalue weighted by molar-refractivity contribution is -0.149. The van der Waals surface area contributed by atoms with E-state index in [1.807, 2.05) is 72.2 Å². The van der Waals surface area contributed by atoms with Crippen molar-refractivity contribution in [2.75, 3.05) is 25.2 Å². The van der Waals surface area contributed by atoms with Gasteiger partial charge in [-0.2, -0.15) is 0 Å². The zero-order valence-electron chi connectivity index (χ0n) is 20.1. The number of esters is 1. The quantitative estimate of drug-likeness (QED) is 0.349. The average Bonchev–Trinajstić information content (AvgIpc) is 3.29. The van der Waals surface area contributed by atoms with E-state index < -0.39 is 21.5 Å². The fraction of sp³-hybridized carbons (Fsp3) is 0.222. The van der Waals surface area contributed by atoms with Crippen LogP contribution in [0, 0.1) is 0 Å². The Morgan fingerprint density at radius 1 is 0.971 bits per heavy atom. The molecule has 0 spiro atoms. The van der Waals surface area contributed by atoms with Crippen LogP contribution >= 0.6 is 0 Å². The van der Waals surface area contributed by atoms with Gasteiger partial charge in [0.1, 0.15) is 5.75 Å². The summed E-state index contributed by atoms with van der Waals surface area (Å²) in [5.74, 6) is 0.326. The van der Waals surface area contributed by atoms with Crippen molar-refractivity contribution in [3.8, 4) is 16.9 Å². The summed E-state index contributed by atoms with van der Waals surface area (Å²) in [6.45, 7) is 1.93. The Morgan fingerprint density at radius 3 is 2.31 bits per heavy atom. The van der Waals surface area contributed by atoms with Crippen LogP contribution in [0.2, 0.25) is 0 Å². The standard InChI is InChI=1S/C27H28N2O5S/c1-5-27(26(30)34-3,21-11-6-9-19(17-21)20-10-7-12-22(18-20)33-2)29-16-15-23-24(28-35(4,31)32)13-8-14-25(23)29/h6-18,28H,5H2,1-4H3. The Bertz CT molecular complexity index is 1490. The second-order valence-electron chi connectivity index (χ2n) is 8.32. The van der Waals surface area contributed by atoms with Crippen LogP contribution in [-0.2, 0) is 25.1 Å². The number of rotatable bonds is 8. The predicted molar refractivity (Wildman–Crippen MR) is 138 cm³/mol. The number of hydrogen-bond donors (Lipinski definition) is 1. The molecule has 1 N–H and O–H groups in total. The fourth-order valence-electron chi connectivity index (χ4n) is 4.59. The first-order valence-corrected chi connectivity index (χ1v) is 13.0. The first-order valence-electron chi connectivity index (χ1n) is 11.1. The van der Waals surface area contributed by atoms with Gasteiger partial charge in [-0.15, -0.1) is 0 Å². The summed E-state index contributed by atoms with van der Waals surface area (Å²) in [4.78, 5) is 13.5. The topological polar surface area (TPSA) is 86.6 Å². The van der Waals surface area contributed by atoms with Gasteiger partial charge in [0.25, 0.3) is 0 Å². The SMILES string of the molecule is CCC(C(=O)OC)(c1cccc(-c2cccc(OC)c2)c1)n1ccc2c(NS(C)(=O)=O)cccc21. The molecule has 0 radical (unpaired) electrons. The largest absolute Gasteiger partial charge is 0.497 e. The summed E-state index contributed by atoms with van der Waals surface area (Å²) in [7, 11) is -0.477. The Kier molecular flexibility index (Phi) is 6.58. The Hall–Kier alpha value is -3.78. The minimum absolute atomic E-state index is 0.411. The molecule has 7 nitrogen and oxygen atoms in total. The van der Waals surface area contributed by atoms with Crippen LogP contribution in [0.5, 0.6) is 5.75 Å². The number of benzene rings is 3. The van der Waals surface area contributed by atoms with E-state index in [4.69, 9.17) is 9.47 Å². The lowest BCUT2D eigenvalue weighted by atomic mass is 9.85. The summed E-state index contributed by atoms with van der Waals surface area (Å²) in [6, 6.07) is 22.7. The van der Waals surface area contributed by atoms with Crippen molar-refractivity contribution in [1.82, 2.24) is 4.57 Å². The molecular formula is C27H28N2O5S. The molecular weight excluding hydrogens is 464 g/mol. The van der Waals surface area contributed by atoms with Gasteiger partial charge in [0.05, 0.1) is 31.7 Å². The molecule has 4 rings (SSSR count). The molecule has 35 heavy (non-hydrogen) atoms. The number of hydrogen-bond acceptors (Lipinski definition) is 5. The first kappa shape index (κ1) is 24.3. The van der Waals surface area contributed by atoms with Crippen LogP contribution < -0.4 is 9.46 Å². The third-order valence-corrected chi connectivity index (χ3v) is 6.81. The molecule has 0 aliphatic carbocycles. The highest BCUT2D eigenvalue weighted by molar-refractivity contribution is 7.92. The van der Waals surface area contributed by atoms with Crippen LogP contribution in [0.1, 0.15) is 18.9 Å². The molecule has 0 saturated heterocycles. The van der Waals surface area contributed by atoms with Crippen molar-refractivity contribution < 1.29 is 22.7 Å². The van der Waals surface area contributed by atoms with Crippen molar-refractivity contribution in [1.29, 1.82) is 0 Å². The predicted octanol–water partition coefficient (Wildman–Crippen LogP) is 5.02. The van der Waals surface area contributed by atoms with Gasteiger partial charge in [0.2, 0.25) is 10.0 Å². The molecule has 3 aromatic carbocycles. The number of anilines is 1. The number of carbonyl (C=O) groups excluding carboxylic acids is 1. The van der Waals surface area contributed by atoms with E-state index in [-0.39, 0.29) is 0 Å². The zero-order chi connectivity index (χ0) is 25.2. The maximum atomic E-state index is 13.5. The Balaban J connectivity index is 1.94. The second-order valence-corrected chi connectivity index (χ2v) is 10.1. The van der Waals surface area contributed by atoms with E-state index in [0.717, 1.165) is 28.7 Å². The summed E-state index contributed by atoms with van der Waals surface area (Å²) < 4.78 is 38.9. The number of nitrogens with zero attached hydrogens (tertiary/aromatic N) is 1. The van der Waals surface area contributed by atoms with Crippen molar-refractivity contribution in [2.24, 2.45) is 0 Å². The van der Waals surface area contributed by atoms with Gasteiger partial charge < -0.3 is 14.0 Å².